The topological polar surface area (TPSA) is 50.8 Å². The van der Waals surface area contributed by atoms with E-state index in [1.165, 1.54) is 11.3 Å². The molecule has 1 aliphatic heterocycles. The van der Waals surface area contributed by atoms with Gasteiger partial charge < -0.3 is 19.7 Å². The van der Waals surface area contributed by atoms with E-state index in [-0.39, 0.29) is 11.3 Å². The average molecular weight is 411 g/mol. The van der Waals surface area contributed by atoms with Gasteiger partial charge in [-0.1, -0.05) is 52.0 Å². The van der Waals surface area contributed by atoms with Crippen molar-refractivity contribution in [2.75, 3.05) is 31.2 Å². The summed E-state index contributed by atoms with van der Waals surface area (Å²) in [5.74, 6) is 0.634. The highest BCUT2D eigenvalue weighted by Crippen LogP contribution is 2.25. The molecule has 1 saturated heterocycles. The van der Waals surface area contributed by atoms with Crippen LogP contribution in [-0.4, -0.2) is 38.3 Å². The highest BCUT2D eigenvalue weighted by molar-refractivity contribution is 5.81. The van der Waals surface area contributed by atoms with Crippen molar-refractivity contribution in [1.82, 2.24) is 5.32 Å². The van der Waals surface area contributed by atoms with Gasteiger partial charge in [-0.3, -0.25) is 4.79 Å². The lowest BCUT2D eigenvalue weighted by Crippen LogP contribution is -2.37. The summed E-state index contributed by atoms with van der Waals surface area (Å²) in [5, 5.41) is 3.01. The van der Waals surface area contributed by atoms with Crippen LogP contribution in [-0.2, 0) is 21.5 Å². The van der Waals surface area contributed by atoms with Crippen molar-refractivity contribution in [3.63, 3.8) is 0 Å². The second kappa shape index (κ2) is 9.98. The Hall–Kier alpha value is -2.53. The zero-order chi connectivity index (χ0) is 21.6. The minimum absolute atomic E-state index is 0.0883. The Morgan fingerprint density at radius 1 is 1.07 bits per heavy atom. The molecule has 0 aromatic heterocycles. The van der Waals surface area contributed by atoms with E-state index in [2.05, 4.69) is 67.4 Å². The molecule has 1 atom stereocenters. The number of hydrogen-bond acceptors (Lipinski definition) is 4. The van der Waals surface area contributed by atoms with Crippen molar-refractivity contribution in [3.05, 3.63) is 59.7 Å². The molecule has 0 unspecified atom stereocenters. The number of anilines is 1. The molecule has 0 spiro atoms. The van der Waals surface area contributed by atoms with E-state index in [0.717, 1.165) is 37.6 Å². The summed E-state index contributed by atoms with van der Waals surface area (Å²) in [6, 6.07) is 16.4. The van der Waals surface area contributed by atoms with Crippen LogP contribution in [0.1, 0.15) is 45.2 Å². The molecule has 0 saturated carbocycles. The molecule has 5 nitrogen and oxygen atoms in total. The first-order valence-corrected chi connectivity index (χ1v) is 10.8. The van der Waals surface area contributed by atoms with E-state index in [1.807, 2.05) is 19.1 Å². The molecule has 1 amide bonds. The van der Waals surface area contributed by atoms with Crippen molar-refractivity contribution in [2.24, 2.45) is 0 Å². The zero-order valence-corrected chi connectivity index (χ0v) is 18.6. The highest BCUT2D eigenvalue weighted by Gasteiger charge is 2.19. The van der Waals surface area contributed by atoms with Crippen molar-refractivity contribution in [1.29, 1.82) is 0 Å². The predicted molar refractivity (Wildman–Crippen MR) is 121 cm³/mol. The van der Waals surface area contributed by atoms with Gasteiger partial charge in [0.15, 0.2) is 6.10 Å². The summed E-state index contributed by atoms with van der Waals surface area (Å²) in [6.45, 7) is 12.4. The molecule has 1 heterocycles. The van der Waals surface area contributed by atoms with Gasteiger partial charge in [-0.05, 0) is 47.2 Å². The fourth-order valence-corrected chi connectivity index (χ4v) is 3.47. The molecular formula is C25H34N2O3. The monoisotopic (exact) mass is 410 g/mol. The summed E-state index contributed by atoms with van der Waals surface area (Å²) in [7, 11) is 0. The lowest BCUT2D eigenvalue weighted by molar-refractivity contribution is -0.128. The van der Waals surface area contributed by atoms with E-state index < -0.39 is 6.10 Å². The number of carbonyl (C=O) groups excluding carboxylic acids is 1. The van der Waals surface area contributed by atoms with Crippen molar-refractivity contribution >= 4 is 11.6 Å². The first kappa shape index (κ1) is 22.2. The van der Waals surface area contributed by atoms with Gasteiger partial charge in [0.25, 0.3) is 5.91 Å². The maximum absolute atomic E-state index is 12.6. The minimum Gasteiger partial charge on any atom is -0.481 e. The predicted octanol–water partition coefficient (Wildman–Crippen LogP) is 4.29. The molecule has 0 aliphatic carbocycles. The van der Waals surface area contributed by atoms with Crippen LogP contribution in [0.3, 0.4) is 0 Å². The molecule has 162 valence electrons. The molecule has 2 aromatic rings. The summed E-state index contributed by atoms with van der Waals surface area (Å²) in [4.78, 5) is 15.0. The molecule has 2 aromatic carbocycles. The van der Waals surface area contributed by atoms with Crippen LogP contribution in [0.25, 0.3) is 0 Å². The van der Waals surface area contributed by atoms with Crippen LogP contribution in [0, 0.1) is 0 Å². The van der Waals surface area contributed by atoms with Crippen molar-refractivity contribution < 1.29 is 14.3 Å². The molecule has 3 rings (SSSR count). The number of nitrogens with one attached hydrogen (secondary N) is 1. The number of nitrogens with zero attached hydrogens (tertiary/aromatic N) is 1. The van der Waals surface area contributed by atoms with Gasteiger partial charge in [0, 0.05) is 25.3 Å². The van der Waals surface area contributed by atoms with Crippen LogP contribution < -0.4 is 15.0 Å². The van der Waals surface area contributed by atoms with Crippen molar-refractivity contribution in [3.8, 4) is 5.75 Å². The van der Waals surface area contributed by atoms with Gasteiger partial charge in [-0.25, -0.2) is 0 Å². The number of carbonyl (C=O) groups is 1. The Labute approximate surface area is 180 Å². The Morgan fingerprint density at radius 2 is 1.70 bits per heavy atom. The molecule has 1 fully saturated rings. The van der Waals surface area contributed by atoms with Crippen LogP contribution in [0.5, 0.6) is 5.75 Å². The van der Waals surface area contributed by atoms with E-state index in [9.17, 15) is 4.79 Å². The normalized spacial score (nSPS) is 15.5. The SMILES string of the molecule is CC[C@H](Oc1ccc(C(C)(C)C)cc1)C(=O)NCc1ccc(N2CCOCC2)cc1. The van der Waals surface area contributed by atoms with Crippen LogP contribution in [0.4, 0.5) is 5.69 Å². The fraction of sp³-hybridized carbons (Fsp3) is 0.480. The lowest BCUT2D eigenvalue weighted by atomic mass is 9.87. The molecular weight excluding hydrogens is 376 g/mol. The highest BCUT2D eigenvalue weighted by atomic mass is 16.5. The van der Waals surface area contributed by atoms with E-state index in [0.29, 0.717) is 13.0 Å². The van der Waals surface area contributed by atoms with E-state index in [4.69, 9.17) is 9.47 Å². The molecule has 0 bridgehead atoms. The number of benzene rings is 2. The maximum atomic E-state index is 12.6. The van der Waals surface area contributed by atoms with E-state index >= 15 is 0 Å². The lowest BCUT2D eigenvalue weighted by Gasteiger charge is -2.29. The Morgan fingerprint density at radius 3 is 2.27 bits per heavy atom. The fourth-order valence-electron chi connectivity index (χ4n) is 3.47. The Balaban J connectivity index is 1.52. The summed E-state index contributed by atoms with van der Waals surface area (Å²) in [6.07, 6.45) is 0.112. The summed E-state index contributed by atoms with van der Waals surface area (Å²) >= 11 is 0. The number of amides is 1. The third-order valence-electron chi connectivity index (χ3n) is 5.44. The molecule has 5 heteroatoms. The second-order valence-corrected chi connectivity index (χ2v) is 8.77. The standard InChI is InChI=1S/C25H34N2O3/c1-5-23(30-22-12-8-20(9-13-22)25(2,3)4)24(28)26-18-19-6-10-21(11-7-19)27-14-16-29-17-15-27/h6-13,23H,5,14-18H2,1-4H3,(H,26,28)/t23-/m0/s1. The number of morpholine rings is 1. The molecule has 0 radical (unpaired) electrons. The van der Waals surface area contributed by atoms with Crippen LogP contribution >= 0.6 is 0 Å². The number of ether oxygens (including phenoxy) is 2. The van der Waals surface area contributed by atoms with Gasteiger partial charge >= 0.3 is 0 Å². The first-order chi connectivity index (χ1) is 14.4. The zero-order valence-electron chi connectivity index (χ0n) is 18.6. The van der Waals surface area contributed by atoms with Gasteiger partial charge in [0.05, 0.1) is 13.2 Å². The summed E-state index contributed by atoms with van der Waals surface area (Å²) < 4.78 is 11.4. The van der Waals surface area contributed by atoms with Gasteiger partial charge in [0.2, 0.25) is 0 Å². The Bertz CT molecular complexity index is 804. The van der Waals surface area contributed by atoms with Gasteiger partial charge in [-0.2, -0.15) is 0 Å². The Kier molecular flexibility index (Phi) is 7.38. The average Bonchev–Trinajstić information content (AvgIpc) is 2.76. The minimum atomic E-state index is -0.502. The third kappa shape index (κ3) is 5.99. The quantitative estimate of drug-likeness (QED) is 0.740. The summed E-state index contributed by atoms with van der Waals surface area (Å²) in [5.41, 5.74) is 3.61. The second-order valence-electron chi connectivity index (χ2n) is 8.77. The maximum Gasteiger partial charge on any atom is 0.261 e. The molecule has 1 aliphatic rings. The molecule has 30 heavy (non-hydrogen) atoms. The first-order valence-electron chi connectivity index (χ1n) is 10.8. The van der Waals surface area contributed by atoms with Gasteiger partial charge in [-0.15, -0.1) is 0 Å². The van der Waals surface area contributed by atoms with Crippen LogP contribution in [0.2, 0.25) is 0 Å². The number of rotatable bonds is 7. The van der Waals surface area contributed by atoms with E-state index in [1.54, 1.807) is 0 Å². The number of hydrogen-bond donors (Lipinski definition) is 1. The van der Waals surface area contributed by atoms with Crippen LogP contribution in [0.15, 0.2) is 48.5 Å². The van der Waals surface area contributed by atoms with Crippen molar-refractivity contribution in [2.45, 2.75) is 52.2 Å². The van der Waals surface area contributed by atoms with Gasteiger partial charge in [0.1, 0.15) is 5.75 Å². The molecule has 1 N–H and O–H groups in total. The smallest absolute Gasteiger partial charge is 0.261 e. The largest absolute Gasteiger partial charge is 0.481 e. The third-order valence-corrected chi connectivity index (χ3v) is 5.44.